The van der Waals surface area contributed by atoms with Gasteiger partial charge in [0.2, 0.25) is 0 Å². The second kappa shape index (κ2) is 6.38. The summed E-state index contributed by atoms with van der Waals surface area (Å²) in [5, 5.41) is 0. The number of alkyl halides is 3. The molecule has 0 atom stereocenters. The highest BCUT2D eigenvalue weighted by molar-refractivity contribution is 7.87. The van der Waals surface area contributed by atoms with Crippen molar-refractivity contribution >= 4 is 10.1 Å². The molecular weight excluding hydrogens is 309 g/mol. The van der Waals surface area contributed by atoms with E-state index in [9.17, 15) is 21.6 Å². The summed E-state index contributed by atoms with van der Waals surface area (Å²) in [5.41, 5.74) is -4.27. The van der Waals surface area contributed by atoms with Gasteiger partial charge in [-0.1, -0.05) is 17.7 Å². The summed E-state index contributed by atoms with van der Waals surface area (Å²) in [4.78, 5) is 0. The van der Waals surface area contributed by atoms with E-state index >= 15 is 0 Å². The monoisotopic (exact) mass is 324 g/mol. The van der Waals surface area contributed by atoms with Gasteiger partial charge in [-0.15, -0.1) is 0 Å². The molecule has 0 aromatic carbocycles. The maximum atomic E-state index is 12.4. The first-order valence-electron chi connectivity index (χ1n) is 5.88. The van der Waals surface area contributed by atoms with Crippen LogP contribution in [-0.2, 0) is 19.0 Å². The van der Waals surface area contributed by atoms with E-state index in [0.717, 1.165) is 11.6 Å². The van der Waals surface area contributed by atoms with Crippen molar-refractivity contribution in [3.8, 4) is 0 Å². The molecule has 1 aliphatic carbocycles. The minimum absolute atomic E-state index is 0.201. The molecular formula is C13H15F3O4S. The van der Waals surface area contributed by atoms with Crippen LogP contribution in [0.4, 0.5) is 13.2 Å². The average Bonchev–Trinajstić information content (AvgIpc) is 2.35. The van der Waals surface area contributed by atoms with Gasteiger partial charge < -0.3 is 8.92 Å². The van der Waals surface area contributed by atoms with Crippen molar-refractivity contribution in [2.75, 3.05) is 7.11 Å². The second-order valence-corrected chi connectivity index (χ2v) is 5.98. The van der Waals surface area contributed by atoms with E-state index in [1.165, 1.54) is 13.2 Å². The molecule has 118 valence electrons. The normalized spacial score (nSPS) is 17.9. The number of allylic oxidation sites excluding steroid dienone is 6. The zero-order valence-corrected chi connectivity index (χ0v) is 12.5. The molecule has 0 spiro atoms. The van der Waals surface area contributed by atoms with Crippen molar-refractivity contribution in [3.63, 3.8) is 0 Å². The molecule has 0 saturated heterocycles. The van der Waals surface area contributed by atoms with Gasteiger partial charge in [-0.3, -0.25) is 0 Å². The van der Waals surface area contributed by atoms with Gasteiger partial charge in [0, 0.05) is 6.08 Å². The molecule has 0 N–H and O–H groups in total. The summed E-state index contributed by atoms with van der Waals surface area (Å²) in [6, 6.07) is 0. The van der Waals surface area contributed by atoms with Crippen molar-refractivity contribution in [2.24, 2.45) is 0 Å². The Bertz CT molecular complexity index is 618. The molecule has 0 aromatic rings. The lowest BCUT2D eigenvalue weighted by atomic mass is 10.0. The highest BCUT2D eigenvalue weighted by Gasteiger charge is 2.49. The molecule has 0 radical (unpaired) electrons. The van der Waals surface area contributed by atoms with E-state index in [0.29, 0.717) is 5.57 Å². The van der Waals surface area contributed by atoms with Crippen molar-refractivity contribution in [3.05, 3.63) is 47.0 Å². The average molecular weight is 324 g/mol. The lowest BCUT2D eigenvalue weighted by Crippen LogP contribution is -2.26. The Hall–Kier alpha value is -1.70. The molecule has 0 aromatic heterocycles. The van der Waals surface area contributed by atoms with Crippen molar-refractivity contribution in [1.82, 2.24) is 0 Å². The molecule has 0 unspecified atom stereocenters. The highest BCUT2D eigenvalue weighted by atomic mass is 32.2. The first-order chi connectivity index (χ1) is 9.56. The van der Waals surface area contributed by atoms with E-state index < -0.39 is 21.4 Å². The van der Waals surface area contributed by atoms with Crippen LogP contribution in [-0.4, -0.2) is 21.0 Å². The Kier molecular flexibility index (Phi) is 5.27. The standard InChI is InChI=1S/C13H15F3O4S/c1-9(2)4-5-10-6-7-11(19-3)8-12(10)20-21(17,18)13(14,15)16/h4-5,7-8H,6H2,1-3H3/b10-5+. The van der Waals surface area contributed by atoms with Gasteiger partial charge in [-0.05, 0) is 31.9 Å². The van der Waals surface area contributed by atoms with Gasteiger partial charge in [0.1, 0.15) is 11.5 Å². The summed E-state index contributed by atoms with van der Waals surface area (Å²) < 4.78 is 68.5. The number of hydrogen-bond donors (Lipinski definition) is 0. The zero-order chi connectivity index (χ0) is 16.3. The van der Waals surface area contributed by atoms with Gasteiger partial charge >= 0.3 is 15.6 Å². The van der Waals surface area contributed by atoms with Gasteiger partial charge in [0.05, 0.1) is 7.11 Å². The van der Waals surface area contributed by atoms with E-state index in [2.05, 4.69) is 4.18 Å². The van der Waals surface area contributed by atoms with E-state index in [1.807, 2.05) is 0 Å². The van der Waals surface area contributed by atoms with Gasteiger partial charge in [0.25, 0.3) is 0 Å². The van der Waals surface area contributed by atoms with Crippen LogP contribution in [0.25, 0.3) is 0 Å². The number of hydrogen-bond acceptors (Lipinski definition) is 4. The summed E-state index contributed by atoms with van der Waals surface area (Å²) in [6.45, 7) is 3.60. The van der Waals surface area contributed by atoms with E-state index in [1.54, 1.807) is 26.0 Å². The quantitative estimate of drug-likeness (QED) is 0.586. The maximum absolute atomic E-state index is 12.4. The third kappa shape index (κ3) is 4.66. The molecule has 0 heterocycles. The molecule has 21 heavy (non-hydrogen) atoms. The third-order valence-corrected chi connectivity index (χ3v) is 3.42. The number of ether oxygens (including phenoxy) is 1. The maximum Gasteiger partial charge on any atom is 0.534 e. The molecule has 4 nitrogen and oxygen atoms in total. The SMILES string of the molecule is COC1=CC/C(=C\C=C(C)C)C(OS(=O)(=O)C(F)(F)F)=C1. The van der Waals surface area contributed by atoms with Crippen LogP contribution < -0.4 is 0 Å². The molecule has 0 saturated carbocycles. The van der Waals surface area contributed by atoms with Crippen LogP contribution in [0.1, 0.15) is 20.3 Å². The Labute approximate surface area is 121 Å². The number of rotatable bonds is 4. The summed E-state index contributed by atoms with van der Waals surface area (Å²) in [7, 11) is -4.39. The topological polar surface area (TPSA) is 52.6 Å². The predicted molar refractivity (Wildman–Crippen MR) is 71.4 cm³/mol. The van der Waals surface area contributed by atoms with Gasteiger partial charge in [-0.25, -0.2) is 0 Å². The van der Waals surface area contributed by atoms with Gasteiger partial charge in [-0.2, -0.15) is 21.6 Å². The lowest BCUT2D eigenvalue weighted by Gasteiger charge is -2.17. The third-order valence-electron chi connectivity index (χ3n) is 2.45. The highest BCUT2D eigenvalue weighted by Crippen LogP contribution is 2.32. The fraction of sp³-hybridized carbons (Fsp3) is 0.385. The number of halogens is 3. The molecule has 1 rings (SSSR count). The molecule has 1 aliphatic rings. The van der Waals surface area contributed by atoms with Crippen LogP contribution >= 0.6 is 0 Å². The molecule has 0 fully saturated rings. The molecule has 0 aliphatic heterocycles. The largest absolute Gasteiger partial charge is 0.534 e. The first-order valence-corrected chi connectivity index (χ1v) is 7.28. The second-order valence-electron chi connectivity index (χ2n) is 4.44. The van der Waals surface area contributed by atoms with Crippen LogP contribution in [0.2, 0.25) is 0 Å². The van der Waals surface area contributed by atoms with Crippen molar-refractivity contribution in [2.45, 2.75) is 25.8 Å². The Morgan fingerprint density at radius 1 is 1.33 bits per heavy atom. The van der Waals surface area contributed by atoms with Crippen molar-refractivity contribution in [1.29, 1.82) is 0 Å². The zero-order valence-electron chi connectivity index (χ0n) is 11.7. The Balaban J connectivity index is 3.18. The fourth-order valence-electron chi connectivity index (χ4n) is 1.39. The molecule has 8 heteroatoms. The predicted octanol–water partition coefficient (Wildman–Crippen LogP) is 3.56. The molecule has 0 bridgehead atoms. The Morgan fingerprint density at radius 2 is 1.95 bits per heavy atom. The van der Waals surface area contributed by atoms with Crippen LogP contribution in [0.5, 0.6) is 0 Å². The van der Waals surface area contributed by atoms with Crippen molar-refractivity contribution < 1.29 is 30.5 Å². The fourth-order valence-corrected chi connectivity index (χ4v) is 1.88. The van der Waals surface area contributed by atoms with Gasteiger partial charge in [0.15, 0.2) is 0 Å². The van der Waals surface area contributed by atoms with Crippen LogP contribution in [0.3, 0.4) is 0 Å². The summed E-state index contributed by atoms with van der Waals surface area (Å²) in [5.74, 6) is -0.166. The number of methoxy groups -OCH3 is 1. The summed E-state index contributed by atoms with van der Waals surface area (Å²) >= 11 is 0. The smallest absolute Gasteiger partial charge is 0.497 e. The van der Waals surface area contributed by atoms with Crippen LogP contribution in [0, 0.1) is 0 Å². The molecule has 0 amide bonds. The lowest BCUT2D eigenvalue weighted by molar-refractivity contribution is -0.0520. The van der Waals surface area contributed by atoms with E-state index in [4.69, 9.17) is 4.74 Å². The van der Waals surface area contributed by atoms with Crippen LogP contribution in [0.15, 0.2) is 47.0 Å². The minimum Gasteiger partial charge on any atom is -0.497 e. The Morgan fingerprint density at radius 3 is 2.43 bits per heavy atom. The van der Waals surface area contributed by atoms with E-state index in [-0.39, 0.29) is 12.2 Å². The summed E-state index contributed by atoms with van der Waals surface area (Å²) in [6.07, 6.45) is 6.08. The minimum atomic E-state index is -5.71. The first kappa shape index (κ1) is 17.4.